The van der Waals surface area contributed by atoms with Crippen LogP contribution in [0.4, 0.5) is 4.39 Å². The fraction of sp³-hybridized carbons (Fsp3) is 0.118. The molecule has 20 heavy (non-hydrogen) atoms. The molecule has 1 N–H and O–H groups in total. The first-order chi connectivity index (χ1) is 9.79. The van der Waals surface area contributed by atoms with E-state index in [4.69, 9.17) is 0 Å². The van der Waals surface area contributed by atoms with Crippen molar-refractivity contribution < 1.29 is 9.50 Å². The minimum Gasteiger partial charge on any atom is -0.396 e. The predicted molar refractivity (Wildman–Crippen MR) is 77.9 cm³/mol. The third kappa shape index (κ3) is 2.28. The summed E-state index contributed by atoms with van der Waals surface area (Å²) in [5, 5.41) is 10.2. The minimum atomic E-state index is -0.273. The molecule has 0 radical (unpaired) electrons. The van der Waals surface area contributed by atoms with Gasteiger partial charge in [-0.05, 0) is 35.7 Å². The molecule has 2 nitrogen and oxygen atoms in total. The summed E-state index contributed by atoms with van der Waals surface area (Å²) < 4.78 is 13.5. The van der Waals surface area contributed by atoms with E-state index in [0.717, 1.165) is 27.6 Å². The van der Waals surface area contributed by atoms with E-state index in [2.05, 4.69) is 4.98 Å². The predicted octanol–water partition coefficient (Wildman–Crippen LogP) is 3.58. The third-order valence-electron chi connectivity index (χ3n) is 3.36. The lowest BCUT2D eigenvalue weighted by Crippen LogP contribution is -1.97. The van der Waals surface area contributed by atoms with Crippen molar-refractivity contribution in [3.63, 3.8) is 0 Å². The van der Waals surface area contributed by atoms with Crippen LogP contribution in [0.15, 0.2) is 54.7 Å². The minimum absolute atomic E-state index is 0.0562. The summed E-state index contributed by atoms with van der Waals surface area (Å²) in [5.41, 5.74) is 3.50. The maximum absolute atomic E-state index is 13.5. The number of aliphatic hydroxyl groups is 1. The van der Waals surface area contributed by atoms with Crippen LogP contribution in [0.1, 0.15) is 5.56 Å². The highest BCUT2D eigenvalue weighted by Gasteiger charge is 2.11. The third-order valence-corrected chi connectivity index (χ3v) is 3.36. The molecule has 0 saturated heterocycles. The fourth-order valence-electron chi connectivity index (χ4n) is 2.48. The van der Waals surface area contributed by atoms with Gasteiger partial charge in [-0.1, -0.05) is 30.3 Å². The van der Waals surface area contributed by atoms with Gasteiger partial charge in [-0.3, -0.25) is 4.98 Å². The van der Waals surface area contributed by atoms with Crippen molar-refractivity contribution in [2.75, 3.05) is 6.61 Å². The van der Waals surface area contributed by atoms with Crippen LogP contribution in [0.25, 0.3) is 22.0 Å². The van der Waals surface area contributed by atoms with Crippen LogP contribution >= 0.6 is 0 Å². The second-order valence-electron chi connectivity index (χ2n) is 4.66. The van der Waals surface area contributed by atoms with E-state index >= 15 is 0 Å². The SMILES string of the molecule is OCCc1ccc2cccnc2c1-c1cccc(F)c1. The molecule has 0 fully saturated rings. The number of nitrogens with zero attached hydrogens (tertiary/aromatic N) is 1. The zero-order valence-electron chi connectivity index (χ0n) is 10.9. The number of aromatic nitrogens is 1. The number of halogens is 1. The van der Waals surface area contributed by atoms with Crippen molar-refractivity contribution in [1.29, 1.82) is 0 Å². The van der Waals surface area contributed by atoms with Crippen LogP contribution in [-0.2, 0) is 6.42 Å². The quantitative estimate of drug-likeness (QED) is 0.787. The summed E-state index contributed by atoms with van der Waals surface area (Å²) in [5.74, 6) is -0.273. The van der Waals surface area contributed by atoms with Gasteiger partial charge in [0.2, 0.25) is 0 Å². The van der Waals surface area contributed by atoms with E-state index in [0.29, 0.717) is 6.42 Å². The molecule has 0 aliphatic rings. The molecule has 0 aliphatic carbocycles. The van der Waals surface area contributed by atoms with E-state index in [1.807, 2.05) is 30.3 Å². The molecular weight excluding hydrogens is 253 g/mol. The Labute approximate surface area is 116 Å². The molecule has 0 spiro atoms. The van der Waals surface area contributed by atoms with Crippen LogP contribution in [0, 0.1) is 5.82 Å². The smallest absolute Gasteiger partial charge is 0.123 e. The van der Waals surface area contributed by atoms with Gasteiger partial charge in [-0.25, -0.2) is 4.39 Å². The monoisotopic (exact) mass is 267 g/mol. The first kappa shape index (κ1) is 12.8. The molecule has 2 aromatic carbocycles. The first-order valence-corrected chi connectivity index (χ1v) is 6.53. The number of benzene rings is 2. The number of hydrogen-bond acceptors (Lipinski definition) is 2. The Morgan fingerprint density at radius 1 is 1.05 bits per heavy atom. The molecule has 3 rings (SSSR count). The summed E-state index contributed by atoms with van der Waals surface area (Å²) in [6, 6.07) is 14.3. The Kier molecular flexibility index (Phi) is 3.44. The Morgan fingerprint density at radius 3 is 2.75 bits per heavy atom. The van der Waals surface area contributed by atoms with Crippen molar-refractivity contribution in [1.82, 2.24) is 4.98 Å². The van der Waals surface area contributed by atoms with Gasteiger partial charge in [0, 0.05) is 23.8 Å². The number of pyridine rings is 1. The number of fused-ring (bicyclic) bond motifs is 1. The highest BCUT2D eigenvalue weighted by Crippen LogP contribution is 2.31. The number of rotatable bonds is 3. The van der Waals surface area contributed by atoms with Gasteiger partial charge in [-0.2, -0.15) is 0 Å². The van der Waals surface area contributed by atoms with Crippen LogP contribution in [0.2, 0.25) is 0 Å². The van der Waals surface area contributed by atoms with Crippen molar-refractivity contribution in [3.05, 3.63) is 66.1 Å². The average molecular weight is 267 g/mol. The van der Waals surface area contributed by atoms with Crippen LogP contribution in [0.3, 0.4) is 0 Å². The van der Waals surface area contributed by atoms with Gasteiger partial charge < -0.3 is 5.11 Å². The lowest BCUT2D eigenvalue weighted by molar-refractivity contribution is 0.300. The summed E-state index contributed by atoms with van der Waals surface area (Å²) in [7, 11) is 0. The molecule has 0 bridgehead atoms. The Balaban J connectivity index is 2.32. The van der Waals surface area contributed by atoms with Crippen LogP contribution in [0.5, 0.6) is 0 Å². The Hall–Kier alpha value is -2.26. The molecule has 0 aliphatic heterocycles. The number of aliphatic hydroxyl groups excluding tert-OH is 1. The second kappa shape index (κ2) is 5.39. The first-order valence-electron chi connectivity index (χ1n) is 6.53. The summed E-state index contributed by atoms with van der Waals surface area (Å²) in [6.45, 7) is 0.0562. The zero-order valence-corrected chi connectivity index (χ0v) is 10.9. The summed E-state index contributed by atoms with van der Waals surface area (Å²) >= 11 is 0. The summed E-state index contributed by atoms with van der Waals surface area (Å²) in [6.07, 6.45) is 2.26. The van der Waals surface area contributed by atoms with Crippen molar-refractivity contribution in [2.45, 2.75) is 6.42 Å². The van der Waals surface area contributed by atoms with Crippen molar-refractivity contribution in [2.24, 2.45) is 0 Å². The standard InChI is InChI=1S/C17H14FNO/c18-15-5-1-3-14(11-15)16-12(8-10-20)6-7-13-4-2-9-19-17(13)16/h1-7,9,11,20H,8,10H2. The molecule has 1 aromatic heterocycles. The maximum atomic E-state index is 13.5. The van der Waals surface area contributed by atoms with Gasteiger partial charge in [0.1, 0.15) is 5.82 Å². The van der Waals surface area contributed by atoms with Crippen LogP contribution in [-0.4, -0.2) is 16.7 Å². The molecule has 0 saturated carbocycles. The number of hydrogen-bond donors (Lipinski definition) is 1. The Bertz CT molecular complexity index is 755. The zero-order chi connectivity index (χ0) is 13.9. The molecule has 3 aromatic rings. The average Bonchev–Trinajstić information content (AvgIpc) is 2.47. The molecule has 0 amide bonds. The van der Waals surface area contributed by atoms with E-state index in [9.17, 15) is 9.50 Å². The highest BCUT2D eigenvalue weighted by atomic mass is 19.1. The molecule has 100 valence electrons. The molecule has 3 heteroatoms. The normalized spacial score (nSPS) is 10.9. The van der Waals surface area contributed by atoms with Gasteiger partial charge >= 0.3 is 0 Å². The Morgan fingerprint density at radius 2 is 1.95 bits per heavy atom. The van der Waals surface area contributed by atoms with Crippen molar-refractivity contribution >= 4 is 10.9 Å². The molecule has 1 heterocycles. The maximum Gasteiger partial charge on any atom is 0.123 e. The highest BCUT2D eigenvalue weighted by molar-refractivity contribution is 5.95. The van der Waals surface area contributed by atoms with Gasteiger partial charge in [0.25, 0.3) is 0 Å². The van der Waals surface area contributed by atoms with Gasteiger partial charge in [0.15, 0.2) is 0 Å². The molecular formula is C17H14FNO. The largest absolute Gasteiger partial charge is 0.396 e. The fourth-order valence-corrected chi connectivity index (χ4v) is 2.48. The van der Waals surface area contributed by atoms with Crippen molar-refractivity contribution in [3.8, 4) is 11.1 Å². The molecule has 0 unspecified atom stereocenters. The van der Waals surface area contributed by atoms with Crippen LogP contribution < -0.4 is 0 Å². The van der Waals surface area contributed by atoms with E-state index in [-0.39, 0.29) is 12.4 Å². The van der Waals surface area contributed by atoms with E-state index in [1.165, 1.54) is 12.1 Å². The summed E-state index contributed by atoms with van der Waals surface area (Å²) in [4.78, 5) is 4.43. The molecule has 0 atom stereocenters. The second-order valence-corrected chi connectivity index (χ2v) is 4.66. The van der Waals surface area contributed by atoms with Gasteiger partial charge in [0.05, 0.1) is 5.52 Å². The lowest BCUT2D eigenvalue weighted by atomic mass is 9.94. The van der Waals surface area contributed by atoms with Gasteiger partial charge in [-0.15, -0.1) is 0 Å². The van der Waals surface area contributed by atoms with E-state index < -0.39 is 0 Å². The lowest BCUT2D eigenvalue weighted by Gasteiger charge is -2.12. The van der Waals surface area contributed by atoms with E-state index in [1.54, 1.807) is 12.3 Å². The topological polar surface area (TPSA) is 33.1 Å².